The molecule has 0 rings (SSSR count). The number of Topliss-reactive ketones (excluding diaryl/α,β-unsaturated/α-hetero) is 1. The minimum atomic E-state index is -0.157. The number of ether oxygens (including phenoxy) is 3. The third kappa shape index (κ3) is 67.7. The fourth-order valence-electron chi connectivity index (χ4n) is 0.390. The maximum absolute atomic E-state index is 10.1. The summed E-state index contributed by atoms with van der Waals surface area (Å²) >= 11 is 0. The zero-order valence-corrected chi connectivity index (χ0v) is 11.9. The molecule has 0 aliphatic heterocycles. The number of rotatable bonds is 5. The van der Waals surface area contributed by atoms with E-state index in [0.717, 1.165) is 6.61 Å². The van der Waals surface area contributed by atoms with Crippen molar-refractivity contribution in [2.45, 2.75) is 56.4 Å². The average Bonchev–Trinajstić information content (AvgIpc) is 2.36. The Morgan fingerprint density at radius 1 is 0.900 bits per heavy atom. The highest BCUT2D eigenvalue weighted by Crippen LogP contribution is 1.76. The molecule has 0 aromatic heterocycles. The van der Waals surface area contributed by atoms with E-state index < -0.39 is 0 Å². The fourth-order valence-corrected chi connectivity index (χ4v) is 0.390. The summed E-state index contributed by atoms with van der Waals surface area (Å²) in [6, 6.07) is 0. The second-order valence-corrected chi connectivity index (χ2v) is 2.85. The Morgan fingerprint density at radius 2 is 1.30 bits per heavy atom. The maximum Gasteiger partial charge on any atom is 0.305 e. The first kappa shape index (κ1) is 36.4. The first-order chi connectivity index (χ1) is 7.99. The van der Waals surface area contributed by atoms with Gasteiger partial charge >= 0.3 is 5.97 Å². The first-order valence-electron chi connectivity index (χ1n) is 5.62. The van der Waals surface area contributed by atoms with E-state index in [1.165, 1.54) is 14.0 Å². The molecule has 0 fully saturated rings. The zero-order chi connectivity index (χ0) is 14.1. The van der Waals surface area contributed by atoms with Crippen LogP contribution >= 0.6 is 0 Å². The molecule has 0 aliphatic rings. The minimum Gasteiger partial charge on any atom is -0.469 e. The van der Waals surface area contributed by atoms with Crippen molar-refractivity contribution in [3.8, 4) is 0 Å². The summed E-state index contributed by atoms with van der Waals surface area (Å²) in [5.74, 6) is -0.0724. The monoisotopic (exact) mass is 298 g/mol. The van der Waals surface area contributed by atoms with Gasteiger partial charge in [0.25, 0.3) is 0 Å². The Hall–Kier alpha value is -0.940. The molecule has 20 heavy (non-hydrogen) atoms. The number of ketones is 1. The molecule has 0 aromatic rings. The van der Waals surface area contributed by atoms with Crippen molar-refractivity contribution in [2.75, 3.05) is 34.0 Å². The molecule has 0 heterocycles. The van der Waals surface area contributed by atoms with E-state index in [0.29, 0.717) is 13.0 Å². The summed E-state index contributed by atoms with van der Waals surface area (Å²) in [5.41, 5.74) is 0. The largest absolute Gasteiger partial charge is 0.469 e. The van der Waals surface area contributed by atoms with E-state index in [9.17, 15) is 9.59 Å². The molecule has 0 atom stereocenters. The van der Waals surface area contributed by atoms with Crippen molar-refractivity contribution in [3.63, 3.8) is 0 Å². The molecular weight excluding hydrogens is 260 g/mol. The highest BCUT2D eigenvalue weighted by Gasteiger charge is 1.87. The quantitative estimate of drug-likeness (QED) is 0.723. The van der Waals surface area contributed by atoms with Gasteiger partial charge in [-0.3, -0.25) is 9.59 Å². The molecule has 5 heteroatoms. The van der Waals surface area contributed by atoms with Crippen molar-refractivity contribution >= 4 is 11.8 Å². The number of carbonyl (C=O) groups excluding carboxylic acids is 2. The lowest BCUT2D eigenvalue weighted by molar-refractivity contribution is -0.140. The summed E-state index contributed by atoms with van der Waals surface area (Å²) < 4.78 is 13.5. The molecule has 0 spiro atoms. The molecule has 0 aromatic carbocycles. The van der Waals surface area contributed by atoms with Gasteiger partial charge in [-0.25, -0.2) is 0 Å². The van der Waals surface area contributed by atoms with Crippen LogP contribution in [-0.2, 0) is 23.8 Å². The predicted octanol–water partition coefficient (Wildman–Crippen LogP) is 3.74. The van der Waals surface area contributed by atoms with Crippen LogP contribution in [0, 0.1) is 0 Å². The van der Waals surface area contributed by atoms with Gasteiger partial charge in [-0.15, -0.1) is 0 Å². The number of methoxy groups -OCH3 is 2. The van der Waals surface area contributed by atoms with Crippen LogP contribution in [0.3, 0.4) is 0 Å². The standard InChI is InChI=1S/C5H10O2.C4H8O2.C3H8O.3CH4/c1-3-7-4-5(2)6;1-3-4(5)6-2;1-3-4-2;;;/h3-4H2,1-2H3;3H2,1-2H3;3H2,1-2H3;3*1H4. The minimum absolute atomic E-state index is 0. The molecule has 0 aliphatic carbocycles. The number of carbonyl (C=O) groups is 2. The van der Waals surface area contributed by atoms with E-state index in [4.69, 9.17) is 4.74 Å². The highest BCUT2D eigenvalue weighted by molar-refractivity contribution is 5.76. The molecule has 0 bridgehead atoms. The average molecular weight is 298 g/mol. The summed E-state index contributed by atoms with van der Waals surface area (Å²) in [6.07, 6.45) is 0.469. The van der Waals surface area contributed by atoms with E-state index >= 15 is 0 Å². The predicted molar refractivity (Wildman–Crippen MR) is 87.2 cm³/mol. The Bertz CT molecular complexity index is 162. The van der Waals surface area contributed by atoms with E-state index in [1.807, 2.05) is 13.8 Å². The van der Waals surface area contributed by atoms with Gasteiger partial charge in [0.2, 0.25) is 0 Å². The molecule has 5 nitrogen and oxygen atoms in total. The van der Waals surface area contributed by atoms with Crippen LogP contribution in [0.2, 0.25) is 0 Å². The Kier molecular flexibility index (Phi) is 65.9. The van der Waals surface area contributed by atoms with E-state index in [-0.39, 0.29) is 40.6 Å². The zero-order valence-electron chi connectivity index (χ0n) is 11.9. The van der Waals surface area contributed by atoms with Gasteiger partial charge in [0.05, 0.1) is 7.11 Å². The molecule has 0 saturated carbocycles. The van der Waals surface area contributed by atoms with Gasteiger partial charge in [0.15, 0.2) is 5.78 Å². The lowest BCUT2D eigenvalue weighted by Crippen LogP contribution is -2.02. The molecule has 128 valence electrons. The normalized spacial score (nSPS) is 6.90. The van der Waals surface area contributed by atoms with Crippen molar-refractivity contribution < 1.29 is 23.8 Å². The van der Waals surface area contributed by atoms with Crippen LogP contribution < -0.4 is 0 Å². The lowest BCUT2D eigenvalue weighted by Gasteiger charge is -1.91. The van der Waals surface area contributed by atoms with Crippen LogP contribution in [-0.4, -0.2) is 45.8 Å². The summed E-state index contributed by atoms with van der Waals surface area (Å²) in [4.78, 5) is 20.0. The second kappa shape index (κ2) is 36.1. The van der Waals surface area contributed by atoms with Gasteiger partial charge in [0.1, 0.15) is 6.61 Å². The third-order valence-corrected chi connectivity index (χ3v) is 1.31. The highest BCUT2D eigenvalue weighted by atomic mass is 16.5. The Labute approximate surface area is 127 Å². The van der Waals surface area contributed by atoms with Crippen LogP contribution in [0.1, 0.15) is 56.4 Å². The van der Waals surface area contributed by atoms with Crippen molar-refractivity contribution in [1.82, 2.24) is 0 Å². The van der Waals surface area contributed by atoms with Crippen LogP contribution in [0.4, 0.5) is 0 Å². The Morgan fingerprint density at radius 3 is 1.35 bits per heavy atom. The fraction of sp³-hybridized carbons (Fsp3) is 0.867. The first-order valence-corrected chi connectivity index (χ1v) is 5.62. The third-order valence-electron chi connectivity index (χ3n) is 1.31. The molecule has 0 radical (unpaired) electrons. The molecule has 0 amide bonds. The SMILES string of the molecule is C.C.C.CCC(=O)OC.CCOC.CCOCC(C)=O. The number of hydrogen-bond donors (Lipinski definition) is 0. The summed E-state index contributed by atoms with van der Waals surface area (Å²) in [5, 5.41) is 0. The van der Waals surface area contributed by atoms with Gasteiger partial charge in [-0.2, -0.15) is 0 Å². The van der Waals surface area contributed by atoms with Crippen LogP contribution in [0.25, 0.3) is 0 Å². The lowest BCUT2D eigenvalue weighted by atomic mass is 10.5. The molecular formula is C15H38O5. The number of hydrogen-bond acceptors (Lipinski definition) is 5. The van der Waals surface area contributed by atoms with E-state index in [2.05, 4.69) is 9.47 Å². The van der Waals surface area contributed by atoms with Crippen molar-refractivity contribution in [1.29, 1.82) is 0 Å². The second-order valence-electron chi connectivity index (χ2n) is 2.85. The number of esters is 1. The van der Waals surface area contributed by atoms with Gasteiger partial charge in [-0.05, 0) is 20.8 Å². The van der Waals surface area contributed by atoms with Gasteiger partial charge < -0.3 is 14.2 Å². The topological polar surface area (TPSA) is 61.8 Å². The van der Waals surface area contributed by atoms with Crippen LogP contribution in [0.15, 0.2) is 0 Å². The summed E-state index contributed by atoms with van der Waals surface area (Å²) in [6.45, 7) is 8.79. The maximum atomic E-state index is 10.1. The van der Waals surface area contributed by atoms with Gasteiger partial charge in [0, 0.05) is 26.7 Å². The Balaban J connectivity index is -0.0000000352. The smallest absolute Gasteiger partial charge is 0.305 e. The van der Waals surface area contributed by atoms with Crippen molar-refractivity contribution in [3.05, 3.63) is 0 Å². The summed E-state index contributed by atoms with van der Waals surface area (Å²) in [7, 11) is 3.06. The van der Waals surface area contributed by atoms with Crippen LogP contribution in [0.5, 0.6) is 0 Å². The molecule has 0 saturated heterocycles. The molecule has 0 unspecified atom stereocenters. The van der Waals surface area contributed by atoms with E-state index in [1.54, 1.807) is 14.0 Å². The molecule has 0 N–H and O–H groups in total. The van der Waals surface area contributed by atoms with Gasteiger partial charge in [-0.1, -0.05) is 29.2 Å². The van der Waals surface area contributed by atoms with Crippen molar-refractivity contribution in [2.24, 2.45) is 0 Å².